The maximum atomic E-state index is 6.20. The van der Waals surface area contributed by atoms with E-state index in [1.54, 1.807) is 0 Å². The third-order valence-corrected chi connectivity index (χ3v) is 4.32. The lowest BCUT2D eigenvalue weighted by Gasteiger charge is -2.11. The molecule has 0 N–H and O–H groups in total. The Morgan fingerprint density at radius 3 is 2.36 bits per heavy atom. The molecule has 0 aliphatic rings. The van der Waals surface area contributed by atoms with E-state index in [0.29, 0.717) is 11.6 Å². The number of para-hydroxylation sites is 1. The molecule has 0 atom stereocenters. The Kier molecular flexibility index (Phi) is 4.40. The summed E-state index contributed by atoms with van der Waals surface area (Å²) in [5, 5.41) is 0.706. The van der Waals surface area contributed by atoms with Crippen molar-refractivity contribution in [3.63, 3.8) is 0 Å². The van der Waals surface area contributed by atoms with E-state index in [-0.39, 0.29) is 0 Å². The summed E-state index contributed by atoms with van der Waals surface area (Å²) in [7, 11) is 0. The van der Waals surface area contributed by atoms with Crippen LogP contribution in [0.1, 0.15) is 11.4 Å². The summed E-state index contributed by atoms with van der Waals surface area (Å²) >= 11 is 6.20. The fourth-order valence-electron chi connectivity index (χ4n) is 2.86. The summed E-state index contributed by atoms with van der Waals surface area (Å²) in [6.07, 6.45) is 0. The molecule has 4 heteroatoms. The lowest BCUT2D eigenvalue weighted by Crippen LogP contribution is -2.08. The van der Waals surface area contributed by atoms with Crippen molar-refractivity contribution >= 4 is 22.6 Å². The van der Waals surface area contributed by atoms with Gasteiger partial charge in [-0.1, -0.05) is 60.1 Å². The van der Waals surface area contributed by atoms with Crippen LogP contribution in [0.4, 0.5) is 0 Å². The zero-order valence-electron chi connectivity index (χ0n) is 13.6. The molecule has 3 aromatic carbocycles. The lowest BCUT2D eigenvalue weighted by molar-refractivity contribution is 0.291. The molecule has 0 saturated carbocycles. The molecular formula is C21H17ClN2O. The zero-order valence-corrected chi connectivity index (χ0v) is 14.4. The van der Waals surface area contributed by atoms with Gasteiger partial charge in [0.15, 0.2) is 0 Å². The van der Waals surface area contributed by atoms with Gasteiger partial charge in [0.1, 0.15) is 18.2 Å². The van der Waals surface area contributed by atoms with Crippen LogP contribution in [0.25, 0.3) is 11.0 Å². The first kappa shape index (κ1) is 15.7. The lowest BCUT2D eigenvalue weighted by atomic mass is 10.2. The van der Waals surface area contributed by atoms with Gasteiger partial charge in [0.25, 0.3) is 0 Å². The van der Waals surface area contributed by atoms with E-state index in [1.807, 2.05) is 66.7 Å². The van der Waals surface area contributed by atoms with E-state index in [0.717, 1.165) is 29.2 Å². The molecule has 0 saturated heterocycles. The standard InChI is InChI=1S/C21H17ClN2O/c22-17-11-12-19-20(13-17)24(14-16-7-3-1-4-8-16)21(23-19)15-25-18-9-5-2-6-10-18/h1-13H,14-15H2. The molecule has 4 rings (SSSR count). The Hall–Kier alpha value is -2.78. The van der Waals surface area contributed by atoms with E-state index in [1.165, 1.54) is 5.56 Å². The second-order valence-corrected chi connectivity index (χ2v) is 6.27. The highest BCUT2D eigenvalue weighted by atomic mass is 35.5. The van der Waals surface area contributed by atoms with E-state index in [2.05, 4.69) is 16.7 Å². The number of rotatable bonds is 5. The SMILES string of the molecule is Clc1ccc2nc(COc3ccccc3)n(Cc3ccccc3)c2c1. The van der Waals surface area contributed by atoms with Crippen LogP contribution in [-0.4, -0.2) is 9.55 Å². The quantitative estimate of drug-likeness (QED) is 0.488. The number of fused-ring (bicyclic) bond motifs is 1. The van der Waals surface area contributed by atoms with Crippen molar-refractivity contribution in [3.8, 4) is 5.75 Å². The van der Waals surface area contributed by atoms with E-state index < -0.39 is 0 Å². The van der Waals surface area contributed by atoms with Crippen LogP contribution in [-0.2, 0) is 13.2 Å². The van der Waals surface area contributed by atoms with Gasteiger partial charge in [-0.25, -0.2) is 4.98 Å². The summed E-state index contributed by atoms with van der Waals surface area (Å²) in [5.41, 5.74) is 3.15. The molecule has 0 spiro atoms. The minimum atomic E-state index is 0.406. The van der Waals surface area contributed by atoms with Crippen molar-refractivity contribution in [2.24, 2.45) is 0 Å². The number of hydrogen-bond donors (Lipinski definition) is 0. The molecule has 3 nitrogen and oxygen atoms in total. The molecular weight excluding hydrogens is 332 g/mol. The van der Waals surface area contributed by atoms with Gasteiger partial charge in [0.2, 0.25) is 0 Å². The summed E-state index contributed by atoms with van der Waals surface area (Å²) < 4.78 is 8.08. The van der Waals surface area contributed by atoms with Crippen LogP contribution in [0.2, 0.25) is 5.02 Å². The van der Waals surface area contributed by atoms with Crippen molar-refractivity contribution < 1.29 is 4.74 Å². The Morgan fingerprint density at radius 2 is 1.60 bits per heavy atom. The molecule has 124 valence electrons. The van der Waals surface area contributed by atoms with Gasteiger partial charge in [-0.15, -0.1) is 0 Å². The number of ether oxygens (including phenoxy) is 1. The molecule has 0 aliphatic heterocycles. The Labute approximate surface area is 151 Å². The summed E-state index contributed by atoms with van der Waals surface area (Å²) in [6, 6.07) is 25.9. The van der Waals surface area contributed by atoms with Crippen molar-refractivity contribution in [1.29, 1.82) is 0 Å². The predicted molar refractivity (Wildman–Crippen MR) is 101 cm³/mol. The zero-order chi connectivity index (χ0) is 17.1. The minimum Gasteiger partial charge on any atom is -0.486 e. The van der Waals surface area contributed by atoms with Gasteiger partial charge in [-0.2, -0.15) is 0 Å². The molecule has 0 unspecified atom stereocenters. The molecule has 0 fully saturated rings. The van der Waals surface area contributed by atoms with Crippen LogP contribution >= 0.6 is 11.6 Å². The molecule has 0 aliphatic carbocycles. The third kappa shape index (κ3) is 3.52. The van der Waals surface area contributed by atoms with Crippen LogP contribution < -0.4 is 4.74 Å². The predicted octanol–water partition coefficient (Wildman–Crippen LogP) is 5.32. The minimum absolute atomic E-state index is 0.406. The summed E-state index contributed by atoms with van der Waals surface area (Å²) in [5.74, 6) is 1.71. The van der Waals surface area contributed by atoms with Crippen molar-refractivity contribution in [3.05, 3.63) is 95.3 Å². The average molecular weight is 349 g/mol. The second-order valence-electron chi connectivity index (χ2n) is 5.83. The largest absolute Gasteiger partial charge is 0.486 e. The Morgan fingerprint density at radius 1 is 0.880 bits per heavy atom. The van der Waals surface area contributed by atoms with Crippen LogP contribution in [0.15, 0.2) is 78.9 Å². The van der Waals surface area contributed by atoms with Crippen molar-refractivity contribution in [2.75, 3.05) is 0 Å². The monoisotopic (exact) mass is 348 g/mol. The first-order valence-electron chi connectivity index (χ1n) is 8.16. The van der Waals surface area contributed by atoms with Crippen LogP contribution in [0, 0.1) is 0 Å². The van der Waals surface area contributed by atoms with Gasteiger partial charge in [-0.3, -0.25) is 0 Å². The maximum absolute atomic E-state index is 6.20. The van der Waals surface area contributed by atoms with Gasteiger partial charge in [0.05, 0.1) is 11.0 Å². The number of benzene rings is 3. The molecule has 0 amide bonds. The van der Waals surface area contributed by atoms with Gasteiger partial charge in [-0.05, 0) is 35.9 Å². The molecule has 25 heavy (non-hydrogen) atoms. The van der Waals surface area contributed by atoms with Crippen LogP contribution in [0.3, 0.4) is 0 Å². The fourth-order valence-corrected chi connectivity index (χ4v) is 3.03. The third-order valence-electron chi connectivity index (χ3n) is 4.08. The highest BCUT2D eigenvalue weighted by Gasteiger charge is 2.12. The normalized spacial score (nSPS) is 10.9. The highest BCUT2D eigenvalue weighted by molar-refractivity contribution is 6.31. The Balaban J connectivity index is 1.70. The van der Waals surface area contributed by atoms with Gasteiger partial charge < -0.3 is 9.30 Å². The number of imidazole rings is 1. The van der Waals surface area contributed by atoms with Crippen molar-refractivity contribution in [1.82, 2.24) is 9.55 Å². The molecule has 1 heterocycles. The number of hydrogen-bond acceptors (Lipinski definition) is 2. The summed E-state index contributed by atoms with van der Waals surface area (Å²) in [6.45, 7) is 1.13. The Bertz CT molecular complexity index is 981. The highest BCUT2D eigenvalue weighted by Crippen LogP contribution is 2.23. The van der Waals surface area contributed by atoms with Crippen LogP contribution in [0.5, 0.6) is 5.75 Å². The second kappa shape index (κ2) is 6.99. The smallest absolute Gasteiger partial charge is 0.148 e. The van der Waals surface area contributed by atoms with Crippen molar-refractivity contribution in [2.45, 2.75) is 13.2 Å². The fraction of sp³-hybridized carbons (Fsp3) is 0.0952. The average Bonchev–Trinajstić information content (AvgIpc) is 2.99. The summed E-state index contributed by atoms with van der Waals surface area (Å²) in [4.78, 5) is 4.74. The number of halogens is 1. The first-order valence-corrected chi connectivity index (χ1v) is 8.54. The van der Waals surface area contributed by atoms with Gasteiger partial charge >= 0.3 is 0 Å². The first-order chi connectivity index (χ1) is 12.3. The molecule has 4 aromatic rings. The number of nitrogens with zero attached hydrogens (tertiary/aromatic N) is 2. The topological polar surface area (TPSA) is 27.1 Å². The molecule has 0 bridgehead atoms. The number of aromatic nitrogens is 2. The van der Waals surface area contributed by atoms with E-state index in [9.17, 15) is 0 Å². The maximum Gasteiger partial charge on any atom is 0.148 e. The van der Waals surface area contributed by atoms with Gasteiger partial charge in [0, 0.05) is 11.6 Å². The van der Waals surface area contributed by atoms with E-state index >= 15 is 0 Å². The molecule has 0 radical (unpaired) electrons. The molecule has 1 aromatic heterocycles. The van der Waals surface area contributed by atoms with E-state index in [4.69, 9.17) is 21.3 Å².